The van der Waals surface area contributed by atoms with Crippen LogP contribution < -0.4 is 9.64 Å². The molecule has 1 unspecified atom stereocenters. The van der Waals surface area contributed by atoms with Gasteiger partial charge in [0, 0.05) is 21.1 Å². The third kappa shape index (κ3) is 3.35. The molecule has 2 rings (SSSR count). The average molecular weight is 302 g/mol. The highest BCUT2D eigenvalue weighted by atomic mass is 32.1. The molecule has 1 fully saturated rings. The minimum atomic E-state index is -0.386. The number of rotatable bonds is 4. The van der Waals surface area contributed by atoms with E-state index in [-0.39, 0.29) is 18.4 Å². The van der Waals surface area contributed by atoms with Crippen molar-refractivity contribution in [2.75, 3.05) is 39.3 Å². The molecule has 0 bridgehead atoms. The molecular formula is C11H18N4O4S. The predicted octanol–water partition coefficient (Wildman–Crippen LogP) is 0.796. The molecule has 1 aliphatic heterocycles. The van der Waals surface area contributed by atoms with Crippen molar-refractivity contribution in [2.24, 2.45) is 0 Å². The van der Waals surface area contributed by atoms with Crippen LogP contribution in [0, 0.1) is 0 Å². The highest BCUT2D eigenvalue weighted by molar-refractivity contribution is 7.17. The lowest BCUT2D eigenvalue weighted by molar-refractivity contribution is -0.104. The fraction of sp³-hybridized carbons (Fsp3) is 0.727. The summed E-state index contributed by atoms with van der Waals surface area (Å²) >= 11 is 1.20. The molecule has 0 saturated carbocycles. The summed E-state index contributed by atoms with van der Waals surface area (Å²) in [5, 5.41) is 8.70. The van der Waals surface area contributed by atoms with Gasteiger partial charge in [0.2, 0.25) is 5.13 Å². The van der Waals surface area contributed by atoms with Crippen LogP contribution in [0.4, 0.5) is 9.93 Å². The summed E-state index contributed by atoms with van der Waals surface area (Å²) in [6.45, 7) is 2.98. The number of aromatic nitrogens is 2. The van der Waals surface area contributed by atoms with E-state index in [1.54, 1.807) is 21.1 Å². The Labute approximate surface area is 121 Å². The Balaban J connectivity index is 1.96. The van der Waals surface area contributed by atoms with Crippen LogP contribution in [0.1, 0.15) is 6.92 Å². The number of carbonyl (C=O) groups excluding carboxylic acids is 1. The van der Waals surface area contributed by atoms with Crippen molar-refractivity contribution < 1.29 is 19.0 Å². The Morgan fingerprint density at radius 3 is 2.60 bits per heavy atom. The van der Waals surface area contributed by atoms with Crippen LogP contribution in [0.2, 0.25) is 0 Å². The van der Waals surface area contributed by atoms with E-state index >= 15 is 0 Å². The van der Waals surface area contributed by atoms with Crippen molar-refractivity contribution in [2.45, 2.75) is 19.3 Å². The summed E-state index contributed by atoms with van der Waals surface area (Å²) in [7, 11) is 4.99. The summed E-state index contributed by atoms with van der Waals surface area (Å²) in [5.74, 6) is 0. The Morgan fingerprint density at radius 2 is 2.00 bits per heavy atom. The number of ether oxygens (including phenoxy) is 3. The Hall–Kier alpha value is -1.45. The zero-order chi connectivity index (χ0) is 14.7. The third-order valence-electron chi connectivity index (χ3n) is 2.67. The van der Waals surface area contributed by atoms with Crippen LogP contribution in [0.25, 0.3) is 0 Å². The van der Waals surface area contributed by atoms with Gasteiger partial charge < -0.3 is 19.1 Å². The normalized spacial score (nSPS) is 17.0. The van der Waals surface area contributed by atoms with Gasteiger partial charge in [-0.3, -0.25) is 4.90 Å². The highest BCUT2D eigenvalue weighted by Crippen LogP contribution is 2.27. The number of anilines is 1. The summed E-state index contributed by atoms with van der Waals surface area (Å²) < 4.78 is 16.3. The maximum absolute atomic E-state index is 11.8. The standard InChI is InChI=1S/C11H18N4O4S/c1-7(8-17-5-6-18-8)19-10-13-12-9(20-10)15(4)11(16)14(2)3/h7-8H,5-6H2,1-4H3. The lowest BCUT2D eigenvalue weighted by Crippen LogP contribution is -2.36. The van der Waals surface area contributed by atoms with Gasteiger partial charge in [-0.15, -0.1) is 5.10 Å². The smallest absolute Gasteiger partial charge is 0.325 e. The van der Waals surface area contributed by atoms with E-state index in [0.717, 1.165) is 0 Å². The first-order valence-electron chi connectivity index (χ1n) is 6.17. The van der Waals surface area contributed by atoms with Crippen molar-refractivity contribution in [1.29, 1.82) is 0 Å². The van der Waals surface area contributed by atoms with Gasteiger partial charge in [0.1, 0.15) is 6.10 Å². The number of hydrogen-bond acceptors (Lipinski definition) is 7. The van der Waals surface area contributed by atoms with Crippen molar-refractivity contribution in [3.05, 3.63) is 0 Å². The fourth-order valence-electron chi connectivity index (χ4n) is 1.63. The Kier molecular flexibility index (Phi) is 4.73. The molecular weight excluding hydrogens is 284 g/mol. The number of urea groups is 1. The molecule has 0 N–H and O–H groups in total. The van der Waals surface area contributed by atoms with E-state index in [4.69, 9.17) is 14.2 Å². The van der Waals surface area contributed by atoms with Crippen LogP contribution in [0.5, 0.6) is 5.19 Å². The molecule has 0 spiro atoms. The lowest BCUT2D eigenvalue weighted by Gasteiger charge is -2.18. The molecule has 1 atom stereocenters. The monoisotopic (exact) mass is 302 g/mol. The van der Waals surface area contributed by atoms with Crippen molar-refractivity contribution in [3.8, 4) is 5.19 Å². The van der Waals surface area contributed by atoms with E-state index in [1.807, 2.05) is 6.92 Å². The topological polar surface area (TPSA) is 77.0 Å². The van der Waals surface area contributed by atoms with Crippen LogP contribution in [0.15, 0.2) is 0 Å². The van der Waals surface area contributed by atoms with Gasteiger partial charge >= 0.3 is 6.03 Å². The second-order valence-corrected chi connectivity index (χ2v) is 5.44. The van der Waals surface area contributed by atoms with E-state index in [2.05, 4.69) is 10.2 Å². The summed E-state index contributed by atoms with van der Waals surface area (Å²) in [6, 6.07) is -0.178. The minimum absolute atomic E-state index is 0.178. The largest absolute Gasteiger partial charge is 0.460 e. The first-order chi connectivity index (χ1) is 9.49. The lowest BCUT2D eigenvalue weighted by atomic mass is 10.4. The molecule has 0 radical (unpaired) electrons. The van der Waals surface area contributed by atoms with Gasteiger partial charge in [0.25, 0.3) is 5.19 Å². The summed E-state index contributed by atoms with van der Waals surface area (Å²) in [4.78, 5) is 14.7. The summed E-state index contributed by atoms with van der Waals surface area (Å²) in [5.41, 5.74) is 0. The second kappa shape index (κ2) is 6.33. The summed E-state index contributed by atoms with van der Waals surface area (Å²) in [6.07, 6.45) is -0.670. The Bertz CT molecular complexity index is 461. The molecule has 0 aromatic carbocycles. The number of carbonyl (C=O) groups is 1. The average Bonchev–Trinajstić information content (AvgIpc) is 3.07. The molecule has 112 valence electrons. The van der Waals surface area contributed by atoms with E-state index in [9.17, 15) is 4.79 Å². The molecule has 1 aromatic heterocycles. The van der Waals surface area contributed by atoms with Gasteiger partial charge in [-0.2, -0.15) is 0 Å². The maximum Gasteiger partial charge on any atom is 0.325 e. The second-order valence-electron chi connectivity index (χ2n) is 4.52. The highest BCUT2D eigenvalue weighted by Gasteiger charge is 2.26. The number of nitrogens with zero attached hydrogens (tertiary/aromatic N) is 4. The van der Waals surface area contributed by atoms with E-state index in [1.165, 1.54) is 21.1 Å². The zero-order valence-corrected chi connectivity index (χ0v) is 12.7. The molecule has 0 aliphatic carbocycles. The molecule has 2 amide bonds. The molecule has 8 nitrogen and oxygen atoms in total. The molecule has 2 heterocycles. The molecule has 1 aliphatic rings. The number of amides is 2. The van der Waals surface area contributed by atoms with Gasteiger partial charge in [-0.25, -0.2) is 4.79 Å². The minimum Gasteiger partial charge on any atom is -0.460 e. The van der Waals surface area contributed by atoms with Crippen LogP contribution >= 0.6 is 11.3 Å². The Morgan fingerprint density at radius 1 is 1.35 bits per heavy atom. The van der Waals surface area contributed by atoms with Crippen LogP contribution in [-0.2, 0) is 9.47 Å². The van der Waals surface area contributed by atoms with Gasteiger partial charge in [-0.05, 0) is 18.3 Å². The quantitative estimate of drug-likeness (QED) is 0.818. The predicted molar refractivity (Wildman–Crippen MR) is 73.2 cm³/mol. The first-order valence-corrected chi connectivity index (χ1v) is 6.99. The fourth-order valence-corrected chi connectivity index (χ4v) is 2.36. The van der Waals surface area contributed by atoms with Gasteiger partial charge in [0.15, 0.2) is 6.29 Å². The van der Waals surface area contributed by atoms with Crippen molar-refractivity contribution in [1.82, 2.24) is 15.1 Å². The third-order valence-corrected chi connectivity index (χ3v) is 3.56. The van der Waals surface area contributed by atoms with Crippen LogP contribution in [-0.4, -0.2) is 67.9 Å². The number of hydrogen-bond donors (Lipinski definition) is 0. The van der Waals surface area contributed by atoms with Crippen molar-refractivity contribution >= 4 is 22.5 Å². The molecule has 20 heavy (non-hydrogen) atoms. The van der Waals surface area contributed by atoms with E-state index in [0.29, 0.717) is 23.5 Å². The van der Waals surface area contributed by atoms with E-state index < -0.39 is 0 Å². The molecule has 1 aromatic rings. The molecule has 9 heteroatoms. The molecule has 1 saturated heterocycles. The zero-order valence-electron chi connectivity index (χ0n) is 11.9. The SMILES string of the molecule is CC(Oc1nnc(N(C)C(=O)N(C)C)s1)C1OCCO1. The van der Waals surface area contributed by atoms with Gasteiger partial charge in [0.05, 0.1) is 13.2 Å². The van der Waals surface area contributed by atoms with Crippen molar-refractivity contribution in [3.63, 3.8) is 0 Å². The first kappa shape index (κ1) is 14.9. The van der Waals surface area contributed by atoms with Gasteiger partial charge in [-0.1, -0.05) is 5.10 Å². The van der Waals surface area contributed by atoms with Crippen LogP contribution in [0.3, 0.4) is 0 Å². The maximum atomic E-state index is 11.8.